The predicted molar refractivity (Wildman–Crippen MR) is 84.3 cm³/mol. The molecule has 0 unspecified atom stereocenters. The van der Waals surface area contributed by atoms with Crippen LogP contribution in [0.4, 0.5) is 17.6 Å². The van der Waals surface area contributed by atoms with Crippen LogP contribution in [0.25, 0.3) is 11.1 Å². The zero-order valence-corrected chi connectivity index (χ0v) is 13.8. The lowest BCUT2D eigenvalue weighted by Crippen LogP contribution is -2.29. The standard InChI is InChI=1S/C18H15F4NO3/c1-9(24)16-7-14(12-4-2-10(19)6-15(12)20)13-5-3-11(8-25-18(21)22)26-17(13)23-16/h2,4,6-7,11,18H,3,5,8H2,1H3/t11-/m1/s1. The second-order valence-corrected chi connectivity index (χ2v) is 5.89. The maximum atomic E-state index is 14.2. The smallest absolute Gasteiger partial charge is 0.345 e. The molecule has 0 aliphatic carbocycles. The fourth-order valence-corrected chi connectivity index (χ4v) is 2.84. The molecule has 1 atom stereocenters. The van der Waals surface area contributed by atoms with Crippen LogP contribution in [0.3, 0.4) is 0 Å². The summed E-state index contributed by atoms with van der Waals surface area (Å²) in [6.07, 6.45) is 0.0673. The second kappa shape index (κ2) is 7.41. The van der Waals surface area contributed by atoms with Crippen molar-refractivity contribution in [3.63, 3.8) is 0 Å². The Bertz CT molecular complexity index is 841. The summed E-state index contributed by atoms with van der Waals surface area (Å²) in [5.41, 5.74) is 1.05. The molecule has 0 saturated heterocycles. The van der Waals surface area contributed by atoms with Gasteiger partial charge in [0.05, 0.1) is 6.61 Å². The molecular formula is C18H15F4NO3. The molecule has 2 heterocycles. The molecule has 0 bridgehead atoms. The molecule has 2 aromatic rings. The molecule has 8 heteroatoms. The first-order valence-electron chi connectivity index (χ1n) is 7.92. The number of ketones is 1. The van der Waals surface area contributed by atoms with Gasteiger partial charge in [-0.3, -0.25) is 4.79 Å². The van der Waals surface area contributed by atoms with Gasteiger partial charge in [-0.05, 0) is 36.6 Å². The van der Waals surface area contributed by atoms with Gasteiger partial charge in [-0.15, -0.1) is 0 Å². The van der Waals surface area contributed by atoms with E-state index in [9.17, 15) is 22.4 Å². The Kier molecular flexibility index (Phi) is 5.22. The fourth-order valence-electron chi connectivity index (χ4n) is 2.84. The van der Waals surface area contributed by atoms with Crippen LogP contribution < -0.4 is 4.74 Å². The maximum Gasteiger partial charge on any atom is 0.345 e. The summed E-state index contributed by atoms with van der Waals surface area (Å²) in [6, 6.07) is 4.56. The molecule has 0 radical (unpaired) electrons. The molecule has 1 aromatic carbocycles. The lowest BCUT2D eigenvalue weighted by Gasteiger charge is -2.27. The Labute approximate surface area is 146 Å². The number of hydrogen-bond donors (Lipinski definition) is 0. The number of nitrogens with zero attached hydrogens (tertiary/aromatic N) is 1. The first-order valence-corrected chi connectivity index (χ1v) is 7.92. The first-order chi connectivity index (χ1) is 12.3. The van der Waals surface area contributed by atoms with Crippen LogP contribution in [0, 0.1) is 11.6 Å². The molecule has 1 aliphatic rings. The predicted octanol–water partition coefficient (Wildman–Crippen LogP) is 4.16. The summed E-state index contributed by atoms with van der Waals surface area (Å²) in [7, 11) is 0. The van der Waals surface area contributed by atoms with Crippen molar-refractivity contribution in [2.45, 2.75) is 32.5 Å². The van der Waals surface area contributed by atoms with Gasteiger partial charge in [-0.1, -0.05) is 0 Å². The quantitative estimate of drug-likeness (QED) is 0.587. The van der Waals surface area contributed by atoms with Gasteiger partial charge < -0.3 is 9.47 Å². The van der Waals surface area contributed by atoms with E-state index in [1.165, 1.54) is 19.1 Å². The van der Waals surface area contributed by atoms with Crippen molar-refractivity contribution in [2.24, 2.45) is 0 Å². The molecule has 26 heavy (non-hydrogen) atoms. The van der Waals surface area contributed by atoms with Crippen molar-refractivity contribution >= 4 is 5.78 Å². The number of fused-ring (bicyclic) bond motifs is 1. The molecule has 3 rings (SSSR count). The number of Topliss-reactive ketones (excluding diaryl/α,β-unsaturated/α-hetero) is 1. The number of alkyl halides is 2. The molecule has 0 fully saturated rings. The Morgan fingerprint density at radius 3 is 2.73 bits per heavy atom. The highest BCUT2D eigenvalue weighted by Gasteiger charge is 2.27. The van der Waals surface area contributed by atoms with Gasteiger partial charge in [0.25, 0.3) is 0 Å². The highest BCUT2D eigenvalue weighted by molar-refractivity contribution is 5.94. The molecule has 0 N–H and O–H groups in total. The summed E-state index contributed by atoms with van der Waals surface area (Å²) in [5.74, 6) is -1.80. The minimum absolute atomic E-state index is 0.0397. The van der Waals surface area contributed by atoms with Crippen molar-refractivity contribution in [3.8, 4) is 17.0 Å². The Balaban J connectivity index is 2.02. The van der Waals surface area contributed by atoms with Crippen LogP contribution >= 0.6 is 0 Å². The van der Waals surface area contributed by atoms with E-state index in [0.717, 1.165) is 12.1 Å². The average molecular weight is 369 g/mol. The number of ether oxygens (including phenoxy) is 2. The Morgan fingerprint density at radius 2 is 2.08 bits per heavy atom. The summed E-state index contributed by atoms with van der Waals surface area (Å²) >= 11 is 0. The van der Waals surface area contributed by atoms with Crippen molar-refractivity contribution < 1.29 is 31.8 Å². The maximum absolute atomic E-state index is 14.2. The largest absolute Gasteiger partial charge is 0.472 e. The second-order valence-electron chi connectivity index (χ2n) is 5.89. The number of pyridine rings is 1. The lowest BCUT2D eigenvalue weighted by atomic mass is 9.93. The van der Waals surface area contributed by atoms with Crippen LogP contribution in [0.1, 0.15) is 29.4 Å². The highest BCUT2D eigenvalue weighted by Crippen LogP contribution is 2.36. The summed E-state index contributed by atoms with van der Waals surface area (Å²) in [6.45, 7) is -1.95. The van der Waals surface area contributed by atoms with Gasteiger partial charge in [0.1, 0.15) is 23.4 Å². The Morgan fingerprint density at radius 1 is 1.31 bits per heavy atom. The van der Waals surface area contributed by atoms with Gasteiger partial charge in [-0.2, -0.15) is 8.78 Å². The number of carbonyl (C=O) groups is 1. The molecule has 138 valence electrons. The van der Waals surface area contributed by atoms with E-state index in [4.69, 9.17) is 4.74 Å². The summed E-state index contributed by atoms with van der Waals surface area (Å²) < 4.78 is 61.7. The summed E-state index contributed by atoms with van der Waals surface area (Å²) in [5, 5.41) is 0. The molecular weight excluding hydrogens is 354 g/mol. The van der Waals surface area contributed by atoms with Crippen molar-refractivity contribution in [3.05, 3.63) is 47.2 Å². The van der Waals surface area contributed by atoms with Crippen LogP contribution in [-0.4, -0.2) is 30.1 Å². The van der Waals surface area contributed by atoms with Crippen LogP contribution in [0.5, 0.6) is 5.88 Å². The topological polar surface area (TPSA) is 48.4 Å². The van der Waals surface area contributed by atoms with E-state index >= 15 is 0 Å². The SMILES string of the molecule is CC(=O)c1cc(-c2ccc(F)cc2F)c2c(n1)O[C@@H](COC(F)F)CC2. The molecule has 0 amide bonds. The minimum atomic E-state index is -2.92. The number of halogens is 4. The van der Waals surface area contributed by atoms with Crippen molar-refractivity contribution in [1.29, 1.82) is 0 Å². The zero-order chi connectivity index (χ0) is 18.8. The van der Waals surface area contributed by atoms with Crippen molar-refractivity contribution in [1.82, 2.24) is 4.98 Å². The molecule has 1 aromatic heterocycles. The normalized spacial score (nSPS) is 16.3. The van der Waals surface area contributed by atoms with Gasteiger partial charge in [0, 0.05) is 24.1 Å². The molecule has 4 nitrogen and oxygen atoms in total. The van der Waals surface area contributed by atoms with Crippen LogP contribution in [-0.2, 0) is 11.2 Å². The van der Waals surface area contributed by atoms with Gasteiger partial charge in [-0.25, -0.2) is 13.8 Å². The third kappa shape index (κ3) is 3.85. The van der Waals surface area contributed by atoms with E-state index in [-0.39, 0.29) is 29.5 Å². The lowest BCUT2D eigenvalue weighted by molar-refractivity contribution is -0.146. The average Bonchev–Trinajstić information content (AvgIpc) is 2.58. The number of aromatic nitrogens is 1. The number of carbonyl (C=O) groups excluding carboxylic acids is 1. The van der Waals surface area contributed by atoms with Crippen LogP contribution in [0.2, 0.25) is 0 Å². The number of rotatable bonds is 5. The number of hydrogen-bond acceptors (Lipinski definition) is 4. The van der Waals surface area contributed by atoms with E-state index in [1.807, 2.05) is 0 Å². The molecule has 0 spiro atoms. The highest BCUT2D eigenvalue weighted by atomic mass is 19.3. The van der Waals surface area contributed by atoms with Crippen LogP contribution in [0.15, 0.2) is 24.3 Å². The number of benzene rings is 1. The van der Waals surface area contributed by atoms with Gasteiger partial charge >= 0.3 is 6.61 Å². The zero-order valence-electron chi connectivity index (χ0n) is 13.8. The first kappa shape index (κ1) is 18.3. The van der Waals surface area contributed by atoms with E-state index in [2.05, 4.69) is 9.72 Å². The van der Waals surface area contributed by atoms with E-state index in [0.29, 0.717) is 24.0 Å². The van der Waals surface area contributed by atoms with E-state index in [1.54, 1.807) is 0 Å². The third-order valence-corrected chi connectivity index (χ3v) is 4.07. The fraction of sp³-hybridized carbons (Fsp3) is 0.333. The monoisotopic (exact) mass is 369 g/mol. The van der Waals surface area contributed by atoms with Gasteiger partial charge in [0.2, 0.25) is 5.88 Å². The molecule has 1 aliphatic heterocycles. The van der Waals surface area contributed by atoms with E-state index < -0.39 is 24.3 Å². The molecule has 0 saturated carbocycles. The van der Waals surface area contributed by atoms with Crippen molar-refractivity contribution in [2.75, 3.05) is 6.61 Å². The Hall–Kier alpha value is -2.48. The summed E-state index contributed by atoms with van der Waals surface area (Å²) in [4.78, 5) is 15.9. The third-order valence-electron chi connectivity index (χ3n) is 4.07. The minimum Gasteiger partial charge on any atom is -0.472 e. The van der Waals surface area contributed by atoms with Gasteiger partial charge in [0.15, 0.2) is 5.78 Å².